The van der Waals surface area contributed by atoms with Crippen molar-refractivity contribution in [2.24, 2.45) is 5.92 Å². The second-order valence-corrected chi connectivity index (χ2v) is 6.90. The van der Waals surface area contributed by atoms with Gasteiger partial charge in [0.05, 0.1) is 10.6 Å². The molecule has 0 saturated carbocycles. The Morgan fingerprint density at radius 2 is 2.00 bits per heavy atom. The predicted molar refractivity (Wildman–Crippen MR) is 77.1 cm³/mol. The van der Waals surface area contributed by atoms with Gasteiger partial charge in [-0.3, -0.25) is 0 Å². The molecule has 0 spiro atoms. The van der Waals surface area contributed by atoms with Gasteiger partial charge in [0.15, 0.2) is 0 Å². The maximum Gasteiger partial charge on any atom is 0.326 e. The lowest BCUT2D eigenvalue weighted by atomic mass is 10.0. The Balaban J connectivity index is 3.02. The summed E-state index contributed by atoms with van der Waals surface area (Å²) in [6.07, 6.45) is 0.325. The van der Waals surface area contributed by atoms with Gasteiger partial charge in [-0.1, -0.05) is 13.8 Å². The topological polar surface area (TPSA) is 95.5 Å². The van der Waals surface area contributed by atoms with Crippen LogP contribution in [0.3, 0.4) is 0 Å². The average Bonchev–Trinajstić information content (AvgIpc) is 2.39. The standard InChI is InChI=1S/C13H19FN2O4S/c1-8(2)6-12(13(17)18)16-11-5-4-9(7-10(11)14)21(19,20)15-3/h4-5,7-8,12,15-16H,6H2,1-3H3,(H,17,18)/t12-/m1/s1. The molecule has 0 heterocycles. The quantitative estimate of drug-likeness (QED) is 0.710. The molecule has 1 aromatic carbocycles. The number of aliphatic carboxylic acids is 1. The van der Waals surface area contributed by atoms with Crippen molar-refractivity contribution < 1.29 is 22.7 Å². The third-order valence-corrected chi connectivity index (χ3v) is 4.27. The van der Waals surface area contributed by atoms with Gasteiger partial charge in [-0.15, -0.1) is 0 Å². The molecule has 21 heavy (non-hydrogen) atoms. The SMILES string of the molecule is CNS(=O)(=O)c1ccc(N[C@H](CC(C)C)C(=O)O)c(F)c1. The van der Waals surface area contributed by atoms with E-state index < -0.39 is 27.9 Å². The second kappa shape index (κ2) is 6.86. The van der Waals surface area contributed by atoms with Crippen molar-refractivity contribution in [2.75, 3.05) is 12.4 Å². The van der Waals surface area contributed by atoms with E-state index in [2.05, 4.69) is 10.0 Å². The number of rotatable bonds is 7. The molecule has 0 aliphatic carbocycles. The smallest absolute Gasteiger partial charge is 0.326 e. The number of benzene rings is 1. The summed E-state index contributed by atoms with van der Waals surface area (Å²) in [5.41, 5.74) is -0.0434. The fourth-order valence-electron chi connectivity index (χ4n) is 1.78. The Morgan fingerprint density at radius 3 is 2.43 bits per heavy atom. The zero-order valence-electron chi connectivity index (χ0n) is 12.1. The van der Waals surface area contributed by atoms with Crippen molar-refractivity contribution in [3.63, 3.8) is 0 Å². The first-order valence-corrected chi connectivity index (χ1v) is 7.88. The fourth-order valence-corrected chi connectivity index (χ4v) is 2.52. The van der Waals surface area contributed by atoms with Gasteiger partial charge in [0, 0.05) is 0 Å². The van der Waals surface area contributed by atoms with E-state index in [0.717, 1.165) is 6.07 Å². The van der Waals surface area contributed by atoms with Gasteiger partial charge in [0.1, 0.15) is 11.9 Å². The predicted octanol–water partition coefficient (Wildman–Crippen LogP) is 1.65. The van der Waals surface area contributed by atoms with E-state index in [-0.39, 0.29) is 16.5 Å². The molecule has 1 aromatic rings. The van der Waals surface area contributed by atoms with E-state index in [1.54, 1.807) is 0 Å². The highest BCUT2D eigenvalue weighted by atomic mass is 32.2. The first kappa shape index (κ1) is 17.4. The molecule has 3 N–H and O–H groups in total. The first-order valence-electron chi connectivity index (χ1n) is 6.39. The van der Waals surface area contributed by atoms with Gasteiger partial charge in [-0.2, -0.15) is 0 Å². The van der Waals surface area contributed by atoms with Gasteiger partial charge in [-0.25, -0.2) is 22.3 Å². The van der Waals surface area contributed by atoms with Gasteiger partial charge >= 0.3 is 5.97 Å². The van der Waals surface area contributed by atoms with Crippen molar-refractivity contribution in [1.82, 2.24) is 4.72 Å². The van der Waals surface area contributed by atoms with Crippen molar-refractivity contribution in [2.45, 2.75) is 31.2 Å². The number of halogens is 1. The van der Waals surface area contributed by atoms with Crippen LogP contribution in [0.2, 0.25) is 0 Å². The van der Waals surface area contributed by atoms with Gasteiger partial charge in [0.2, 0.25) is 10.0 Å². The molecule has 1 rings (SSSR count). The van der Waals surface area contributed by atoms with E-state index in [9.17, 15) is 17.6 Å². The van der Waals surface area contributed by atoms with Gasteiger partial charge in [0.25, 0.3) is 0 Å². The van der Waals surface area contributed by atoms with Gasteiger partial charge < -0.3 is 10.4 Å². The lowest BCUT2D eigenvalue weighted by Crippen LogP contribution is -2.31. The van der Waals surface area contributed by atoms with Crippen molar-refractivity contribution in [1.29, 1.82) is 0 Å². The number of carbonyl (C=O) groups is 1. The molecule has 0 saturated heterocycles. The molecule has 0 amide bonds. The number of hydrogen-bond acceptors (Lipinski definition) is 4. The van der Waals surface area contributed by atoms with Crippen molar-refractivity contribution >= 4 is 21.7 Å². The minimum atomic E-state index is -3.74. The maximum atomic E-state index is 13.9. The maximum absolute atomic E-state index is 13.9. The van der Waals surface area contributed by atoms with Crippen molar-refractivity contribution in [3.05, 3.63) is 24.0 Å². The molecule has 0 fully saturated rings. The Hall–Kier alpha value is -1.67. The molecule has 0 radical (unpaired) electrons. The van der Waals surface area contributed by atoms with Gasteiger partial charge in [-0.05, 0) is 37.6 Å². The molecule has 8 heteroatoms. The summed E-state index contributed by atoms with van der Waals surface area (Å²) in [6.45, 7) is 3.72. The molecule has 0 aliphatic rings. The molecule has 0 unspecified atom stereocenters. The van der Waals surface area contributed by atoms with Crippen LogP contribution in [0.5, 0.6) is 0 Å². The highest BCUT2D eigenvalue weighted by molar-refractivity contribution is 7.89. The lowest BCUT2D eigenvalue weighted by molar-refractivity contribution is -0.138. The van der Waals surface area contributed by atoms with Crippen LogP contribution in [-0.4, -0.2) is 32.6 Å². The summed E-state index contributed by atoms with van der Waals surface area (Å²) < 4.78 is 39.1. The Morgan fingerprint density at radius 1 is 1.38 bits per heavy atom. The summed E-state index contributed by atoms with van der Waals surface area (Å²) in [4.78, 5) is 10.9. The third-order valence-electron chi connectivity index (χ3n) is 2.85. The van der Waals surface area contributed by atoms with E-state index in [1.807, 2.05) is 13.8 Å². The number of nitrogens with one attached hydrogen (secondary N) is 2. The highest BCUT2D eigenvalue weighted by Crippen LogP contribution is 2.21. The fraction of sp³-hybridized carbons (Fsp3) is 0.462. The van der Waals surface area contributed by atoms with E-state index in [0.29, 0.717) is 6.42 Å². The average molecular weight is 318 g/mol. The zero-order chi connectivity index (χ0) is 16.2. The summed E-state index contributed by atoms with van der Waals surface area (Å²) in [5.74, 6) is -1.79. The molecule has 6 nitrogen and oxygen atoms in total. The number of anilines is 1. The molecule has 118 valence electrons. The van der Waals surface area contributed by atoms with Crippen LogP contribution < -0.4 is 10.0 Å². The minimum absolute atomic E-state index is 0.0434. The molecule has 0 aromatic heterocycles. The first-order chi connectivity index (χ1) is 9.67. The van der Waals surface area contributed by atoms with Crippen LogP contribution in [0, 0.1) is 11.7 Å². The highest BCUT2D eigenvalue weighted by Gasteiger charge is 2.21. The number of carboxylic acid groups (broad SMARTS) is 1. The molecule has 0 aliphatic heterocycles. The normalized spacial score (nSPS) is 13.2. The van der Waals surface area contributed by atoms with Crippen LogP contribution in [0.15, 0.2) is 23.1 Å². The van der Waals surface area contributed by atoms with Crippen LogP contribution in [0.4, 0.5) is 10.1 Å². The molecule has 1 atom stereocenters. The molecular formula is C13H19FN2O4S. The Bertz CT molecular complexity index is 617. The van der Waals surface area contributed by atoms with Crippen molar-refractivity contribution in [3.8, 4) is 0 Å². The lowest BCUT2D eigenvalue weighted by Gasteiger charge is -2.18. The summed E-state index contributed by atoms with van der Waals surface area (Å²) in [7, 11) is -2.51. The largest absolute Gasteiger partial charge is 0.480 e. The summed E-state index contributed by atoms with van der Waals surface area (Å²) in [6, 6.07) is 2.34. The molecular weight excluding hydrogens is 299 g/mol. The number of sulfonamides is 1. The van der Waals surface area contributed by atoms with E-state index in [1.165, 1.54) is 19.2 Å². The van der Waals surface area contributed by atoms with Crippen LogP contribution in [0.25, 0.3) is 0 Å². The number of carboxylic acids is 1. The van der Waals surface area contributed by atoms with Crippen LogP contribution >= 0.6 is 0 Å². The van der Waals surface area contributed by atoms with E-state index in [4.69, 9.17) is 5.11 Å². The minimum Gasteiger partial charge on any atom is -0.480 e. The second-order valence-electron chi connectivity index (χ2n) is 5.01. The Labute approximate surface area is 123 Å². The number of hydrogen-bond donors (Lipinski definition) is 3. The zero-order valence-corrected chi connectivity index (χ0v) is 12.9. The van der Waals surface area contributed by atoms with Crippen LogP contribution in [0.1, 0.15) is 20.3 Å². The van der Waals surface area contributed by atoms with E-state index >= 15 is 0 Å². The third kappa shape index (κ3) is 4.68. The molecule has 0 bridgehead atoms. The summed E-state index contributed by atoms with van der Waals surface area (Å²) >= 11 is 0. The Kier molecular flexibility index (Phi) is 5.68. The monoisotopic (exact) mass is 318 g/mol. The summed E-state index contributed by atoms with van der Waals surface area (Å²) in [5, 5.41) is 11.7. The van der Waals surface area contributed by atoms with Crippen LogP contribution in [-0.2, 0) is 14.8 Å².